The number of tetrazole rings is 1. The number of rotatable bonds is 6. The van der Waals surface area contributed by atoms with E-state index in [0.29, 0.717) is 29.3 Å². The van der Waals surface area contributed by atoms with E-state index in [9.17, 15) is 0 Å². The number of aromatic nitrogens is 7. The Hall–Kier alpha value is -3.08. The van der Waals surface area contributed by atoms with Gasteiger partial charge < -0.3 is 15.7 Å². The molecule has 1 unspecified atom stereocenters. The Morgan fingerprint density at radius 2 is 2.15 bits per heavy atom. The highest BCUT2D eigenvalue weighted by molar-refractivity contribution is 6.00. The molecular formula is C15H18BN9O. The van der Waals surface area contributed by atoms with Gasteiger partial charge in [0.25, 0.3) is 0 Å². The molecule has 0 aliphatic heterocycles. The van der Waals surface area contributed by atoms with Crippen LogP contribution < -0.4 is 15.7 Å². The maximum atomic E-state index is 5.75. The van der Waals surface area contributed by atoms with Gasteiger partial charge in [-0.3, -0.25) is 0 Å². The first-order valence-electron chi connectivity index (χ1n) is 8.34. The Morgan fingerprint density at radius 1 is 1.31 bits per heavy atom. The van der Waals surface area contributed by atoms with E-state index in [1.807, 2.05) is 18.2 Å². The lowest BCUT2D eigenvalue weighted by Gasteiger charge is -2.10. The molecule has 1 aromatic carbocycles. The first-order chi connectivity index (χ1) is 12.6. The van der Waals surface area contributed by atoms with Crippen LogP contribution in [0, 0.1) is 0 Å². The largest absolute Gasteiger partial charge is 0.567 e. The monoisotopic (exact) mass is 351 g/mol. The molecule has 26 heavy (non-hydrogen) atoms. The highest BCUT2D eigenvalue weighted by Gasteiger charge is 2.22. The van der Waals surface area contributed by atoms with Crippen LogP contribution in [0.1, 0.15) is 25.9 Å². The molecule has 3 N–H and O–H groups in total. The zero-order chi connectivity index (χ0) is 18.1. The van der Waals surface area contributed by atoms with Gasteiger partial charge in [-0.15, -0.1) is 25.2 Å². The molecule has 1 aliphatic rings. The van der Waals surface area contributed by atoms with E-state index in [-0.39, 0.29) is 6.17 Å². The van der Waals surface area contributed by atoms with Gasteiger partial charge in [-0.05, 0) is 37.1 Å². The molecule has 1 aliphatic carbocycles. The van der Waals surface area contributed by atoms with Crippen molar-refractivity contribution in [3.8, 4) is 28.4 Å². The average Bonchev–Trinajstić information content (AvgIpc) is 3.33. The van der Waals surface area contributed by atoms with Crippen LogP contribution in [-0.4, -0.2) is 49.5 Å². The summed E-state index contributed by atoms with van der Waals surface area (Å²) in [7, 11) is 1.60. The molecule has 3 aromatic rings. The molecule has 4 rings (SSSR count). The standard InChI is InChI=1S/C15H18BN9O/c1-8(17)25-23-14(21-24-25)9-2-5-11(13(6-9)26-16)12-7-18-15(22-20-12)19-10-3-4-10/h2,5-8,10H,3-4,16-17H2,1H3,(H,18,19,22). The molecule has 1 fully saturated rings. The molecule has 0 spiro atoms. The van der Waals surface area contributed by atoms with Crippen LogP contribution >= 0.6 is 0 Å². The predicted octanol–water partition coefficient (Wildman–Crippen LogP) is 0.170. The maximum absolute atomic E-state index is 5.75. The van der Waals surface area contributed by atoms with Crippen molar-refractivity contribution in [3.63, 3.8) is 0 Å². The smallest absolute Gasteiger partial charge is 0.322 e. The number of nitrogens with zero attached hydrogens (tertiary/aromatic N) is 7. The molecule has 0 radical (unpaired) electrons. The lowest BCUT2D eigenvalue weighted by Crippen LogP contribution is -2.17. The minimum absolute atomic E-state index is 0.346. The van der Waals surface area contributed by atoms with Crippen LogP contribution in [0.4, 0.5) is 5.95 Å². The fourth-order valence-electron chi connectivity index (χ4n) is 2.43. The predicted molar refractivity (Wildman–Crippen MR) is 96.8 cm³/mol. The SMILES string of the molecule is BOc1cc(-c2nnn(C(C)N)n2)ccc1-c1cnc(NC2CC2)nn1. The van der Waals surface area contributed by atoms with Crippen molar-refractivity contribution >= 4 is 14.0 Å². The minimum atomic E-state index is -0.346. The van der Waals surface area contributed by atoms with Crippen molar-refractivity contribution in [1.82, 2.24) is 35.4 Å². The number of benzene rings is 1. The molecule has 1 saturated carbocycles. The summed E-state index contributed by atoms with van der Waals surface area (Å²) in [5, 5.41) is 23.8. The summed E-state index contributed by atoms with van der Waals surface area (Å²) in [6, 6.07) is 6.06. The quantitative estimate of drug-likeness (QED) is 0.597. The maximum Gasteiger partial charge on any atom is 0.322 e. The van der Waals surface area contributed by atoms with Crippen LogP contribution in [0.3, 0.4) is 0 Å². The third-order valence-corrected chi connectivity index (χ3v) is 4.00. The molecule has 132 valence electrons. The number of nitrogens with two attached hydrogens (primary N) is 1. The van der Waals surface area contributed by atoms with Gasteiger partial charge in [0.2, 0.25) is 11.8 Å². The normalized spacial score (nSPS) is 14.8. The topological polar surface area (TPSA) is 130 Å². The zero-order valence-electron chi connectivity index (χ0n) is 14.5. The van der Waals surface area contributed by atoms with Crippen molar-refractivity contribution in [2.24, 2.45) is 5.73 Å². The van der Waals surface area contributed by atoms with Crippen LogP contribution in [0.2, 0.25) is 0 Å². The first-order valence-corrected chi connectivity index (χ1v) is 8.34. The summed E-state index contributed by atoms with van der Waals surface area (Å²) in [4.78, 5) is 5.68. The van der Waals surface area contributed by atoms with Crippen molar-refractivity contribution in [2.45, 2.75) is 32.0 Å². The lowest BCUT2D eigenvalue weighted by atomic mass is 10.1. The summed E-state index contributed by atoms with van der Waals surface area (Å²) in [6.07, 6.45) is 3.64. The van der Waals surface area contributed by atoms with Crippen molar-refractivity contribution in [2.75, 3.05) is 5.32 Å². The summed E-state index contributed by atoms with van der Waals surface area (Å²) in [5.41, 5.74) is 7.94. The summed E-state index contributed by atoms with van der Waals surface area (Å²) in [6.45, 7) is 1.78. The summed E-state index contributed by atoms with van der Waals surface area (Å²) < 4.78 is 5.50. The first kappa shape index (κ1) is 16.4. The second-order valence-corrected chi connectivity index (χ2v) is 6.17. The van der Waals surface area contributed by atoms with Gasteiger partial charge in [0, 0.05) is 17.2 Å². The molecule has 1 atom stereocenters. The van der Waals surface area contributed by atoms with Crippen molar-refractivity contribution in [1.29, 1.82) is 0 Å². The van der Waals surface area contributed by atoms with Crippen LogP contribution in [0.15, 0.2) is 24.4 Å². The molecular weight excluding hydrogens is 333 g/mol. The minimum Gasteiger partial charge on any atom is -0.567 e. The van der Waals surface area contributed by atoms with Crippen molar-refractivity contribution < 1.29 is 4.65 Å². The van der Waals surface area contributed by atoms with E-state index in [1.165, 1.54) is 4.80 Å². The van der Waals surface area contributed by atoms with E-state index in [2.05, 4.69) is 35.9 Å². The van der Waals surface area contributed by atoms with Gasteiger partial charge in [-0.2, -0.15) is 0 Å². The number of hydrogen-bond donors (Lipinski definition) is 2. The van der Waals surface area contributed by atoms with E-state index in [1.54, 1.807) is 21.2 Å². The number of hydrogen-bond acceptors (Lipinski definition) is 9. The number of anilines is 1. The summed E-state index contributed by atoms with van der Waals surface area (Å²) >= 11 is 0. The van der Waals surface area contributed by atoms with E-state index >= 15 is 0 Å². The zero-order valence-corrected chi connectivity index (χ0v) is 14.5. The van der Waals surface area contributed by atoms with Gasteiger partial charge in [-0.25, -0.2) is 4.98 Å². The number of nitrogens with one attached hydrogen (secondary N) is 1. The molecule has 2 aromatic heterocycles. The Kier molecular flexibility index (Phi) is 4.21. The third kappa shape index (κ3) is 3.33. The molecule has 0 saturated heterocycles. The molecule has 10 nitrogen and oxygen atoms in total. The molecule has 11 heteroatoms. The summed E-state index contributed by atoms with van der Waals surface area (Å²) in [5.74, 6) is 1.64. The Morgan fingerprint density at radius 3 is 2.77 bits per heavy atom. The highest BCUT2D eigenvalue weighted by atomic mass is 16.4. The fourth-order valence-corrected chi connectivity index (χ4v) is 2.43. The van der Waals surface area contributed by atoms with Crippen LogP contribution in [-0.2, 0) is 0 Å². The molecule has 0 amide bonds. The fraction of sp³-hybridized carbons (Fsp3) is 0.333. The van der Waals surface area contributed by atoms with E-state index < -0.39 is 0 Å². The second kappa shape index (κ2) is 6.67. The van der Waals surface area contributed by atoms with Crippen molar-refractivity contribution in [3.05, 3.63) is 24.4 Å². The third-order valence-electron chi connectivity index (χ3n) is 4.00. The van der Waals surface area contributed by atoms with E-state index in [0.717, 1.165) is 24.0 Å². The van der Waals surface area contributed by atoms with Crippen LogP contribution in [0.5, 0.6) is 5.75 Å². The van der Waals surface area contributed by atoms with Gasteiger partial charge in [-0.1, -0.05) is 6.07 Å². The van der Waals surface area contributed by atoms with E-state index in [4.69, 9.17) is 10.4 Å². The average molecular weight is 351 g/mol. The van der Waals surface area contributed by atoms with Gasteiger partial charge in [0.1, 0.15) is 17.6 Å². The van der Waals surface area contributed by atoms with Gasteiger partial charge in [0.05, 0.1) is 6.20 Å². The highest BCUT2D eigenvalue weighted by Crippen LogP contribution is 2.32. The molecule has 2 heterocycles. The Bertz CT molecular complexity index is 908. The Balaban J connectivity index is 1.62. The lowest BCUT2D eigenvalue weighted by molar-refractivity contribution is 0.437. The molecule has 0 bridgehead atoms. The second-order valence-electron chi connectivity index (χ2n) is 6.17. The van der Waals surface area contributed by atoms with Gasteiger partial charge in [0.15, 0.2) is 0 Å². The van der Waals surface area contributed by atoms with Gasteiger partial charge >= 0.3 is 8.05 Å². The van der Waals surface area contributed by atoms with Crippen LogP contribution in [0.25, 0.3) is 22.6 Å². The Labute approximate surface area is 150 Å².